The van der Waals surface area contributed by atoms with Gasteiger partial charge in [0.25, 0.3) is 0 Å². The molecule has 2 aromatic carbocycles. The molecule has 0 fully saturated rings. The van der Waals surface area contributed by atoms with Gasteiger partial charge in [-0.25, -0.2) is 9.37 Å². The SMILES string of the molecule is Cc1ccc2nc(/C(C#N)=C\c3ccc(-c4ccc(F)cc4)o3)[nH]c2c1. The number of H-pyrrole nitrogens is 1. The summed E-state index contributed by atoms with van der Waals surface area (Å²) in [5.41, 5.74) is 3.94. The van der Waals surface area contributed by atoms with Crippen molar-refractivity contribution in [3.05, 3.63) is 77.6 Å². The van der Waals surface area contributed by atoms with Gasteiger partial charge in [-0.1, -0.05) is 6.07 Å². The molecule has 0 spiro atoms. The lowest BCUT2D eigenvalue weighted by molar-refractivity contribution is 0.571. The highest BCUT2D eigenvalue weighted by Gasteiger charge is 2.10. The van der Waals surface area contributed by atoms with Gasteiger partial charge in [-0.05, 0) is 61.0 Å². The van der Waals surface area contributed by atoms with Crippen LogP contribution in [0.25, 0.3) is 34.0 Å². The number of nitrogens with one attached hydrogen (secondary N) is 1. The average Bonchev–Trinajstić information content (AvgIpc) is 3.26. The molecular weight excluding hydrogens is 329 g/mol. The first-order valence-corrected chi connectivity index (χ1v) is 8.07. The summed E-state index contributed by atoms with van der Waals surface area (Å²) < 4.78 is 18.8. The molecule has 0 atom stereocenters. The van der Waals surface area contributed by atoms with E-state index in [9.17, 15) is 9.65 Å². The molecule has 5 heteroatoms. The number of rotatable bonds is 3. The highest BCUT2D eigenvalue weighted by atomic mass is 19.1. The lowest BCUT2D eigenvalue weighted by Gasteiger charge is -1.96. The Morgan fingerprint density at radius 3 is 2.73 bits per heavy atom. The highest BCUT2D eigenvalue weighted by Crippen LogP contribution is 2.25. The van der Waals surface area contributed by atoms with E-state index in [0.29, 0.717) is 22.9 Å². The van der Waals surface area contributed by atoms with Gasteiger partial charge >= 0.3 is 0 Å². The van der Waals surface area contributed by atoms with E-state index in [1.54, 1.807) is 30.3 Å². The van der Waals surface area contributed by atoms with Crippen LogP contribution in [-0.4, -0.2) is 9.97 Å². The Morgan fingerprint density at radius 1 is 1.15 bits per heavy atom. The fraction of sp³-hybridized carbons (Fsp3) is 0.0476. The third kappa shape index (κ3) is 3.01. The standard InChI is InChI=1S/C21H14FN3O/c1-13-2-8-18-19(10-13)25-21(24-18)15(12-23)11-17-7-9-20(26-17)14-3-5-16(22)6-4-14/h2-11H,1H3,(H,24,25)/b15-11-. The summed E-state index contributed by atoms with van der Waals surface area (Å²) in [7, 11) is 0. The maximum atomic E-state index is 13.0. The Hall–Kier alpha value is -3.65. The van der Waals surface area contributed by atoms with E-state index in [2.05, 4.69) is 16.0 Å². The zero-order valence-electron chi connectivity index (χ0n) is 14.0. The van der Waals surface area contributed by atoms with Crippen LogP contribution < -0.4 is 0 Å². The number of halogens is 1. The van der Waals surface area contributed by atoms with Gasteiger partial charge in [0.05, 0.1) is 16.6 Å². The van der Waals surface area contributed by atoms with Crippen molar-refractivity contribution in [2.45, 2.75) is 6.92 Å². The van der Waals surface area contributed by atoms with Crippen molar-refractivity contribution in [3.8, 4) is 17.4 Å². The van der Waals surface area contributed by atoms with Crippen molar-refractivity contribution in [1.29, 1.82) is 5.26 Å². The zero-order chi connectivity index (χ0) is 18.1. The number of hydrogen-bond donors (Lipinski definition) is 1. The molecule has 126 valence electrons. The summed E-state index contributed by atoms with van der Waals surface area (Å²) in [5, 5.41) is 9.51. The molecule has 2 heterocycles. The summed E-state index contributed by atoms with van der Waals surface area (Å²) in [5.74, 6) is 1.33. The fourth-order valence-corrected chi connectivity index (χ4v) is 2.75. The van der Waals surface area contributed by atoms with Crippen LogP contribution in [0.4, 0.5) is 4.39 Å². The van der Waals surface area contributed by atoms with Gasteiger partial charge in [-0.15, -0.1) is 0 Å². The number of allylic oxidation sites excluding steroid dienone is 1. The monoisotopic (exact) mass is 343 g/mol. The third-order valence-corrected chi connectivity index (χ3v) is 4.06. The molecule has 0 aliphatic heterocycles. The topological polar surface area (TPSA) is 65.6 Å². The van der Waals surface area contributed by atoms with E-state index in [-0.39, 0.29) is 5.82 Å². The van der Waals surface area contributed by atoms with E-state index in [1.165, 1.54) is 12.1 Å². The predicted octanol–water partition coefficient (Wildman–Crippen LogP) is 5.33. The van der Waals surface area contributed by atoms with E-state index in [4.69, 9.17) is 4.42 Å². The number of fused-ring (bicyclic) bond motifs is 1. The zero-order valence-corrected chi connectivity index (χ0v) is 14.0. The second kappa shape index (κ2) is 6.34. The van der Waals surface area contributed by atoms with E-state index in [0.717, 1.165) is 22.2 Å². The number of nitrogens with zero attached hydrogens (tertiary/aromatic N) is 2. The third-order valence-electron chi connectivity index (χ3n) is 4.06. The van der Waals surface area contributed by atoms with Gasteiger partial charge < -0.3 is 9.40 Å². The van der Waals surface area contributed by atoms with E-state index < -0.39 is 0 Å². The molecule has 4 rings (SSSR count). The Kier molecular flexibility index (Phi) is 3.86. The second-order valence-corrected chi connectivity index (χ2v) is 5.98. The molecule has 1 N–H and O–H groups in total. The fourth-order valence-electron chi connectivity index (χ4n) is 2.75. The normalized spacial score (nSPS) is 11.7. The Labute approximate surface area is 149 Å². The number of aromatic amines is 1. The molecule has 2 aromatic heterocycles. The first-order chi connectivity index (χ1) is 12.6. The lowest BCUT2D eigenvalue weighted by Crippen LogP contribution is -1.84. The van der Waals surface area contributed by atoms with Crippen molar-refractivity contribution in [3.63, 3.8) is 0 Å². The van der Waals surface area contributed by atoms with Crippen molar-refractivity contribution < 1.29 is 8.81 Å². The first-order valence-electron chi connectivity index (χ1n) is 8.07. The van der Waals surface area contributed by atoms with Crippen molar-refractivity contribution in [1.82, 2.24) is 9.97 Å². The van der Waals surface area contributed by atoms with E-state index in [1.807, 2.05) is 25.1 Å². The highest BCUT2D eigenvalue weighted by molar-refractivity contribution is 5.89. The number of furan rings is 1. The van der Waals surface area contributed by atoms with Crippen LogP contribution in [0.15, 0.2) is 59.0 Å². The molecular formula is C21H14FN3O. The van der Waals surface area contributed by atoms with Crippen LogP contribution in [0.5, 0.6) is 0 Å². The van der Waals surface area contributed by atoms with Crippen LogP contribution in [0.2, 0.25) is 0 Å². The van der Waals surface area contributed by atoms with E-state index >= 15 is 0 Å². The van der Waals surface area contributed by atoms with Crippen molar-refractivity contribution >= 4 is 22.7 Å². The maximum absolute atomic E-state index is 13.0. The Balaban J connectivity index is 1.69. The van der Waals surface area contributed by atoms with Gasteiger partial charge in [-0.3, -0.25) is 0 Å². The van der Waals surface area contributed by atoms with Crippen molar-refractivity contribution in [2.75, 3.05) is 0 Å². The summed E-state index contributed by atoms with van der Waals surface area (Å²) in [6, 6.07) is 17.6. The minimum absolute atomic E-state index is 0.299. The van der Waals surface area contributed by atoms with Crippen molar-refractivity contribution in [2.24, 2.45) is 0 Å². The number of benzene rings is 2. The Morgan fingerprint density at radius 2 is 1.96 bits per heavy atom. The molecule has 0 unspecified atom stereocenters. The Bertz CT molecular complexity index is 1160. The molecule has 0 radical (unpaired) electrons. The minimum Gasteiger partial charge on any atom is -0.457 e. The van der Waals surface area contributed by atoms with Gasteiger partial charge in [0.2, 0.25) is 0 Å². The molecule has 0 aliphatic carbocycles. The molecule has 0 aliphatic rings. The molecule has 26 heavy (non-hydrogen) atoms. The van der Waals surface area contributed by atoms with Gasteiger partial charge in [-0.2, -0.15) is 5.26 Å². The first kappa shape index (κ1) is 15.9. The summed E-state index contributed by atoms with van der Waals surface area (Å²) in [6.07, 6.45) is 1.64. The van der Waals surface area contributed by atoms with Gasteiger partial charge in [0, 0.05) is 11.6 Å². The second-order valence-electron chi connectivity index (χ2n) is 5.98. The molecule has 4 aromatic rings. The number of aromatic nitrogens is 2. The smallest absolute Gasteiger partial charge is 0.149 e. The van der Waals surface area contributed by atoms with Gasteiger partial charge in [0.1, 0.15) is 29.2 Å². The minimum atomic E-state index is -0.299. The number of nitriles is 1. The quantitative estimate of drug-likeness (QED) is 0.511. The average molecular weight is 343 g/mol. The van der Waals surface area contributed by atoms with Crippen LogP contribution in [0.1, 0.15) is 17.1 Å². The lowest BCUT2D eigenvalue weighted by atomic mass is 10.2. The molecule has 0 amide bonds. The number of imidazole rings is 1. The van der Waals surface area contributed by atoms with Crippen LogP contribution in [0, 0.1) is 24.1 Å². The molecule has 0 saturated heterocycles. The van der Waals surface area contributed by atoms with Crippen LogP contribution >= 0.6 is 0 Å². The number of aryl methyl sites for hydroxylation is 1. The molecule has 4 nitrogen and oxygen atoms in total. The molecule has 0 bridgehead atoms. The largest absolute Gasteiger partial charge is 0.457 e. The maximum Gasteiger partial charge on any atom is 0.149 e. The van der Waals surface area contributed by atoms with Crippen LogP contribution in [0.3, 0.4) is 0 Å². The predicted molar refractivity (Wildman–Crippen MR) is 98.4 cm³/mol. The number of hydrogen-bond acceptors (Lipinski definition) is 3. The van der Waals surface area contributed by atoms with Gasteiger partial charge in [0.15, 0.2) is 0 Å². The molecule has 0 saturated carbocycles. The summed E-state index contributed by atoms with van der Waals surface area (Å²) in [4.78, 5) is 7.63. The summed E-state index contributed by atoms with van der Waals surface area (Å²) >= 11 is 0. The summed E-state index contributed by atoms with van der Waals surface area (Å²) in [6.45, 7) is 2.00. The van der Waals surface area contributed by atoms with Crippen LogP contribution in [-0.2, 0) is 0 Å².